The monoisotopic (exact) mass is 422 g/mol. The van der Waals surface area contributed by atoms with Crippen molar-refractivity contribution < 1.29 is 9.59 Å². The van der Waals surface area contributed by atoms with Crippen LogP contribution in [-0.2, 0) is 0 Å². The van der Waals surface area contributed by atoms with Gasteiger partial charge in [0.25, 0.3) is 5.91 Å². The maximum atomic E-state index is 13.0. The summed E-state index contributed by atoms with van der Waals surface area (Å²) in [6.45, 7) is 10.9. The highest BCUT2D eigenvalue weighted by Gasteiger charge is 2.22. The van der Waals surface area contributed by atoms with Gasteiger partial charge in [-0.15, -0.1) is 0 Å². The quantitative estimate of drug-likeness (QED) is 0.594. The number of hydrogen-bond donors (Lipinski definition) is 3. The summed E-state index contributed by atoms with van der Waals surface area (Å²) in [7, 11) is 0. The zero-order valence-corrected chi connectivity index (χ0v) is 19.0. The molecule has 0 atom stereocenters. The summed E-state index contributed by atoms with van der Waals surface area (Å²) < 4.78 is 0. The van der Waals surface area contributed by atoms with E-state index in [4.69, 9.17) is 0 Å². The smallest absolute Gasteiger partial charge is 0.323 e. The Morgan fingerprint density at radius 1 is 1.03 bits per heavy atom. The number of nitrogens with zero attached hydrogens (tertiary/aromatic N) is 1. The summed E-state index contributed by atoms with van der Waals surface area (Å²) in [5, 5.41) is 8.72. The van der Waals surface area contributed by atoms with Crippen LogP contribution in [0.1, 0.15) is 49.5 Å². The van der Waals surface area contributed by atoms with E-state index >= 15 is 0 Å². The molecule has 2 aromatic rings. The van der Waals surface area contributed by atoms with Crippen LogP contribution in [0.3, 0.4) is 0 Å². The minimum atomic E-state index is -0.335. The van der Waals surface area contributed by atoms with E-state index in [2.05, 4.69) is 41.6 Å². The molecule has 0 aromatic heterocycles. The summed E-state index contributed by atoms with van der Waals surface area (Å²) in [5.41, 5.74) is 3.92. The Bertz CT molecular complexity index is 917. The van der Waals surface area contributed by atoms with Crippen molar-refractivity contribution in [2.45, 2.75) is 40.5 Å². The summed E-state index contributed by atoms with van der Waals surface area (Å²) in [6.07, 6.45) is 2.23. The molecule has 1 aliphatic rings. The first-order chi connectivity index (χ1) is 14.8. The average Bonchev–Trinajstić information content (AvgIpc) is 2.72. The van der Waals surface area contributed by atoms with Crippen LogP contribution in [0.25, 0.3) is 0 Å². The Labute approximate surface area is 185 Å². The number of carbonyl (C=O) groups excluding carboxylic acids is 2. The highest BCUT2D eigenvalue weighted by molar-refractivity contribution is 6.04. The molecule has 0 radical (unpaired) electrons. The van der Waals surface area contributed by atoms with Crippen molar-refractivity contribution in [3.63, 3.8) is 0 Å². The third-order valence-electron chi connectivity index (χ3n) is 5.57. The number of urea groups is 1. The van der Waals surface area contributed by atoms with Crippen molar-refractivity contribution in [3.8, 4) is 0 Å². The standard InChI is InChI=1S/C25H34N4O2/c1-17(2)16-26-24(30)22-15-21(8-9-23(22)29-12-10-18(3)11-13-29)28-25(31)27-20-7-5-6-19(4)14-20/h5-9,14-15,17-18H,10-13,16H2,1-4H3,(H,26,30)(H2,27,28,31). The number of aryl methyl sites for hydroxylation is 1. The number of amides is 3. The second-order valence-electron chi connectivity index (χ2n) is 8.95. The minimum Gasteiger partial charge on any atom is -0.371 e. The molecule has 0 unspecified atom stereocenters. The van der Waals surface area contributed by atoms with Crippen LogP contribution >= 0.6 is 0 Å². The molecule has 166 valence electrons. The summed E-state index contributed by atoms with van der Waals surface area (Å²) >= 11 is 0. The molecule has 1 saturated heterocycles. The molecule has 3 amide bonds. The maximum Gasteiger partial charge on any atom is 0.323 e. The second kappa shape index (κ2) is 10.3. The van der Waals surface area contributed by atoms with Crippen LogP contribution in [0.5, 0.6) is 0 Å². The number of hydrogen-bond acceptors (Lipinski definition) is 3. The topological polar surface area (TPSA) is 73.5 Å². The zero-order chi connectivity index (χ0) is 22.4. The molecule has 0 spiro atoms. The molecule has 6 nitrogen and oxygen atoms in total. The van der Waals surface area contributed by atoms with Crippen LogP contribution < -0.4 is 20.9 Å². The van der Waals surface area contributed by atoms with Gasteiger partial charge in [-0.1, -0.05) is 32.9 Å². The molecule has 1 aliphatic heterocycles. The van der Waals surface area contributed by atoms with E-state index in [1.807, 2.05) is 43.3 Å². The number of carbonyl (C=O) groups is 2. The molecule has 0 saturated carbocycles. The Balaban J connectivity index is 1.78. The first-order valence-corrected chi connectivity index (χ1v) is 11.1. The largest absolute Gasteiger partial charge is 0.371 e. The van der Waals surface area contributed by atoms with Crippen molar-refractivity contribution >= 4 is 29.0 Å². The third kappa shape index (κ3) is 6.48. The fraction of sp³-hybridized carbons (Fsp3) is 0.440. The lowest BCUT2D eigenvalue weighted by atomic mass is 9.97. The van der Waals surface area contributed by atoms with E-state index in [1.165, 1.54) is 0 Å². The zero-order valence-electron chi connectivity index (χ0n) is 19.0. The van der Waals surface area contributed by atoms with Gasteiger partial charge in [0.1, 0.15) is 0 Å². The van der Waals surface area contributed by atoms with E-state index in [0.717, 1.165) is 42.9 Å². The number of nitrogens with one attached hydrogen (secondary N) is 3. The lowest BCUT2D eigenvalue weighted by Gasteiger charge is -2.33. The van der Waals surface area contributed by atoms with Gasteiger partial charge >= 0.3 is 6.03 Å². The van der Waals surface area contributed by atoms with Crippen LogP contribution in [0.15, 0.2) is 42.5 Å². The van der Waals surface area contributed by atoms with Crippen molar-refractivity contribution in [2.24, 2.45) is 11.8 Å². The van der Waals surface area contributed by atoms with Crippen molar-refractivity contribution in [3.05, 3.63) is 53.6 Å². The van der Waals surface area contributed by atoms with Gasteiger partial charge in [-0.25, -0.2) is 4.79 Å². The molecule has 0 bridgehead atoms. The minimum absolute atomic E-state index is 0.106. The van der Waals surface area contributed by atoms with E-state index in [0.29, 0.717) is 29.6 Å². The van der Waals surface area contributed by atoms with Crippen molar-refractivity contribution in [1.82, 2.24) is 5.32 Å². The SMILES string of the molecule is Cc1cccc(NC(=O)Nc2ccc(N3CCC(C)CC3)c(C(=O)NCC(C)C)c2)c1. The van der Waals surface area contributed by atoms with Gasteiger partial charge in [0, 0.05) is 36.7 Å². The van der Waals surface area contributed by atoms with Crippen molar-refractivity contribution in [2.75, 3.05) is 35.2 Å². The van der Waals surface area contributed by atoms with Gasteiger partial charge in [-0.3, -0.25) is 4.79 Å². The third-order valence-corrected chi connectivity index (χ3v) is 5.57. The fourth-order valence-corrected chi connectivity index (χ4v) is 3.73. The van der Waals surface area contributed by atoms with Gasteiger partial charge in [-0.2, -0.15) is 0 Å². The highest BCUT2D eigenvalue weighted by Crippen LogP contribution is 2.29. The van der Waals surface area contributed by atoms with Crippen LogP contribution in [0.2, 0.25) is 0 Å². The molecule has 1 heterocycles. The van der Waals surface area contributed by atoms with Gasteiger partial charge in [-0.05, 0) is 67.5 Å². The summed E-state index contributed by atoms with van der Waals surface area (Å²) in [6, 6.07) is 12.9. The van der Waals surface area contributed by atoms with Crippen LogP contribution in [-0.4, -0.2) is 31.6 Å². The second-order valence-corrected chi connectivity index (χ2v) is 8.95. The molecule has 2 aromatic carbocycles. The summed E-state index contributed by atoms with van der Waals surface area (Å²) in [5.74, 6) is 0.968. The molecule has 3 rings (SSSR count). The summed E-state index contributed by atoms with van der Waals surface area (Å²) in [4.78, 5) is 27.7. The first-order valence-electron chi connectivity index (χ1n) is 11.1. The molecular weight excluding hydrogens is 388 g/mol. The molecule has 31 heavy (non-hydrogen) atoms. The number of benzene rings is 2. The first kappa shape index (κ1) is 22.7. The number of piperidine rings is 1. The van der Waals surface area contributed by atoms with Gasteiger partial charge in [0.15, 0.2) is 0 Å². The van der Waals surface area contributed by atoms with E-state index in [1.54, 1.807) is 6.07 Å². The van der Waals surface area contributed by atoms with E-state index in [-0.39, 0.29) is 11.9 Å². The van der Waals surface area contributed by atoms with Crippen LogP contribution in [0.4, 0.5) is 21.9 Å². The highest BCUT2D eigenvalue weighted by atomic mass is 16.2. The molecule has 6 heteroatoms. The Morgan fingerprint density at radius 3 is 2.35 bits per heavy atom. The lowest BCUT2D eigenvalue weighted by Crippen LogP contribution is -2.35. The Kier molecular flexibility index (Phi) is 7.55. The predicted octanol–water partition coefficient (Wildman–Crippen LogP) is 5.26. The molecule has 0 aliphatic carbocycles. The predicted molar refractivity (Wildman–Crippen MR) is 128 cm³/mol. The average molecular weight is 423 g/mol. The van der Waals surface area contributed by atoms with Gasteiger partial charge in [0.05, 0.1) is 5.56 Å². The lowest BCUT2D eigenvalue weighted by molar-refractivity contribution is 0.0949. The number of anilines is 3. The normalized spacial score (nSPS) is 14.4. The Morgan fingerprint density at radius 2 is 1.71 bits per heavy atom. The van der Waals surface area contributed by atoms with Crippen molar-refractivity contribution in [1.29, 1.82) is 0 Å². The van der Waals surface area contributed by atoms with Gasteiger partial charge < -0.3 is 20.9 Å². The van der Waals surface area contributed by atoms with Crippen LogP contribution in [0, 0.1) is 18.8 Å². The van der Waals surface area contributed by atoms with E-state index in [9.17, 15) is 9.59 Å². The fourth-order valence-electron chi connectivity index (χ4n) is 3.73. The van der Waals surface area contributed by atoms with Gasteiger partial charge in [0.2, 0.25) is 0 Å². The Hall–Kier alpha value is -3.02. The molecular formula is C25H34N4O2. The van der Waals surface area contributed by atoms with E-state index < -0.39 is 0 Å². The number of rotatable bonds is 6. The maximum absolute atomic E-state index is 13.0. The molecule has 3 N–H and O–H groups in total. The molecule has 1 fully saturated rings.